The highest BCUT2D eigenvalue weighted by Crippen LogP contribution is 2.29. The van der Waals surface area contributed by atoms with Crippen LogP contribution >= 0.6 is 11.3 Å². The zero-order valence-electron chi connectivity index (χ0n) is 13.9. The van der Waals surface area contributed by atoms with E-state index in [1.165, 1.54) is 5.56 Å². The molecule has 0 spiro atoms. The Morgan fingerprint density at radius 2 is 2.30 bits per heavy atom. The molecule has 0 bridgehead atoms. The maximum Gasteiger partial charge on any atom is 0.227 e. The van der Waals surface area contributed by atoms with Crippen LogP contribution in [0.3, 0.4) is 0 Å². The van der Waals surface area contributed by atoms with E-state index in [1.54, 1.807) is 11.3 Å². The molecule has 1 atom stereocenters. The lowest BCUT2D eigenvalue weighted by Crippen LogP contribution is -2.40. The van der Waals surface area contributed by atoms with Gasteiger partial charge in [-0.25, -0.2) is 4.98 Å². The lowest BCUT2D eigenvalue weighted by atomic mass is 9.89. The van der Waals surface area contributed by atoms with Crippen LogP contribution in [0.25, 0.3) is 10.6 Å². The Labute approximate surface area is 141 Å². The number of aromatic nitrogens is 1. The Morgan fingerprint density at radius 1 is 1.48 bits per heavy atom. The lowest BCUT2D eigenvalue weighted by molar-refractivity contribution is -0.129. The molecule has 0 aliphatic carbocycles. The number of aryl methyl sites for hydroxylation is 1. The molecule has 3 rings (SSSR count). The molecule has 1 N–H and O–H groups in total. The van der Waals surface area contributed by atoms with Gasteiger partial charge in [0, 0.05) is 17.5 Å². The van der Waals surface area contributed by atoms with Crippen molar-refractivity contribution in [3.63, 3.8) is 0 Å². The maximum absolute atomic E-state index is 12.4. The molecule has 1 aliphatic rings. The molecule has 1 fully saturated rings. The van der Waals surface area contributed by atoms with Gasteiger partial charge in [-0.3, -0.25) is 4.79 Å². The molecule has 1 aromatic carbocycles. The lowest BCUT2D eigenvalue weighted by Gasteiger charge is -2.22. The van der Waals surface area contributed by atoms with Gasteiger partial charge < -0.3 is 10.2 Å². The number of carbonyl (C=O) groups excluding carboxylic acids is 1. The van der Waals surface area contributed by atoms with Crippen molar-refractivity contribution in [2.45, 2.75) is 26.8 Å². The van der Waals surface area contributed by atoms with Crippen LogP contribution in [-0.4, -0.2) is 35.9 Å². The van der Waals surface area contributed by atoms with Crippen molar-refractivity contribution in [2.75, 3.05) is 20.1 Å². The predicted molar refractivity (Wildman–Crippen MR) is 94.4 cm³/mol. The number of rotatable bonds is 4. The summed E-state index contributed by atoms with van der Waals surface area (Å²) in [5, 5.41) is 6.09. The molecule has 0 radical (unpaired) electrons. The highest BCUT2D eigenvalue weighted by Gasteiger charge is 2.38. The summed E-state index contributed by atoms with van der Waals surface area (Å²) >= 11 is 1.62. The van der Waals surface area contributed by atoms with Crippen molar-refractivity contribution in [3.8, 4) is 10.6 Å². The van der Waals surface area contributed by atoms with Gasteiger partial charge in [-0.15, -0.1) is 11.3 Å². The largest absolute Gasteiger partial charge is 0.350 e. The fourth-order valence-electron chi connectivity index (χ4n) is 3.06. The molecule has 1 aromatic heterocycles. The quantitative estimate of drug-likeness (QED) is 0.937. The van der Waals surface area contributed by atoms with Crippen LogP contribution in [-0.2, 0) is 11.3 Å². The van der Waals surface area contributed by atoms with Gasteiger partial charge in [-0.2, -0.15) is 0 Å². The van der Waals surface area contributed by atoms with Gasteiger partial charge in [0.1, 0.15) is 5.01 Å². The van der Waals surface area contributed by atoms with Gasteiger partial charge >= 0.3 is 0 Å². The van der Waals surface area contributed by atoms with E-state index >= 15 is 0 Å². The topological polar surface area (TPSA) is 45.2 Å². The van der Waals surface area contributed by atoms with Gasteiger partial charge in [-0.05, 0) is 39.9 Å². The van der Waals surface area contributed by atoms with Crippen molar-refractivity contribution in [2.24, 2.45) is 5.41 Å². The first-order valence-corrected chi connectivity index (χ1v) is 8.82. The Hall–Kier alpha value is -1.72. The number of carbonyl (C=O) groups is 1. The summed E-state index contributed by atoms with van der Waals surface area (Å²) in [4.78, 5) is 19.3. The van der Waals surface area contributed by atoms with Crippen LogP contribution in [0.1, 0.15) is 24.6 Å². The summed E-state index contributed by atoms with van der Waals surface area (Å²) in [5.74, 6) is 0.131. The molecule has 4 nitrogen and oxygen atoms in total. The fraction of sp³-hybridized carbons (Fsp3) is 0.444. The Balaban J connectivity index is 1.62. The van der Waals surface area contributed by atoms with Crippen molar-refractivity contribution in [1.82, 2.24) is 15.2 Å². The van der Waals surface area contributed by atoms with Crippen molar-refractivity contribution in [3.05, 3.63) is 40.9 Å². The number of nitrogens with one attached hydrogen (secondary N) is 1. The van der Waals surface area contributed by atoms with E-state index in [1.807, 2.05) is 18.4 Å². The molecule has 5 heteroatoms. The first-order valence-electron chi connectivity index (χ1n) is 7.95. The van der Waals surface area contributed by atoms with E-state index in [9.17, 15) is 4.79 Å². The zero-order valence-corrected chi connectivity index (χ0v) is 14.7. The predicted octanol–water partition coefficient (Wildman–Crippen LogP) is 3.08. The second kappa shape index (κ2) is 6.42. The van der Waals surface area contributed by atoms with Gasteiger partial charge in [0.15, 0.2) is 0 Å². The summed E-state index contributed by atoms with van der Waals surface area (Å²) in [6.07, 6.45) is 0.918. The van der Waals surface area contributed by atoms with E-state index in [-0.39, 0.29) is 11.3 Å². The standard InChI is InChI=1S/C18H23N3OS/c1-13-5-4-6-14(9-13)16-20-15(11-23-16)10-19-17(22)18(2)7-8-21(3)12-18/h4-6,9,11H,7-8,10,12H2,1-3H3,(H,19,22)/t18-/m1/s1. The smallest absolute Gasteiger partial charge is 0.227 e. The van der Waals surface area contributed by atoms with E-state index < -0.39 is 0 Å². The molecule has 23 heavy (non-hydrogen) atoms. The number of hydrogen-bond acceptors (Lipinski definition) is 4. The van der Waals surface area contributed by atoms with Crippen LogP contribution in [0, 0.1) is 12.3 Å². The molecule has 122 valence electrons. The van der Waals surface area contributed by atoms with Crippen molar-refractivity contribution < 1.29 is 4.79 Å². The third-order valence-corrected chi connectivity index (χ3v) is 5.40. The van der Waals surface area contributed by atoms with Gasteiger partial charge in [0.25, 0.3) is 0 Å². The van der Waals surface area contributed by atoms with Gasteiger partial charge in [0.2, 0.25) is 5.91 Å². The zero-order chi connectivity index (χ0) is 16.4. The van der Waals surface area contributed by atoms with Crippen LogP contribution < -0.4 is 5.32 Å². The number of nitrogens with zero attached hydrogens (tertiary/aromatic N) is 2. The van der Waals surface area contributed by atoms with Crippen LogP contribution in [0.5, 0.6) is 0 Å². The first kappa shape index (κ1) is 16.1. The average molecular weight is 329 g/mol. The molecular formula is C18H23N3OS. The summed E-state index contributed by atoms with van der Waals surface area (Å²) in [6, 6.07) is 8.34. The van der Waals surface area contributed by atoms with Crippen molar-refractivity contribution >= 4 is 17.2 Å². The minimum absolute atomic E-state index is 0.131. The number of likely N-dealkylation sites (tertiary alicyclic amines) is 1. The third-order valence-electron chi connectivity index (χ3n) is 4.46. The highest BCUT2D eigenvalue weighted by atomic mass is 32.1. The number of amides is 1. The minimum atomic E-state index is -0.274. The fourth-order valence-corrected chi connectivity index (χ4v) is 3.88. The maximum atomic E-state index is 12.4. The summed E-state index contributed by atoms with van der Waals surface area (Å²) in [7, 11) is 2.06. The van der Waals surface area contributed by atoms with E-state index in [4.69, 9.17) is 0 Å². The third kappa shape index (κ3) is 3.62. The van der Waals surface area contributed by atoms with E-state index in [0.29, 0.717) is 6.54 Å². The molecular weight excluding hydrogens is 306 g/mol. The highest BCUT2D eigenvalue weighted by molar-refractivity contribution is 7.13. The number of hydrogen-bond donors (Lipinski definition) is 1. The Bertz CT molecular complexity index is 712. The van der Waals surface area contributed by atoms with Crippen LogP contribution in [0.15, 0.2) is 29.6 Å². The first-order chi connectivity index (χ1) is 11.0. The van der Waals surface area contributed by atoms with Crippen LogP contribution in [0.4, 0.5) is 0 Å². The molecule has 2 heterocycles. The molecule has 0 saturated carbocycles. The molecule has 0 unspecified atom stereocenters. The van der Waals surface area contributed by atoms with Gasteiger partial charge in [0.05, 0.1) is 17.7 Å². The molecule has 1 aliphatic heterocycles. The molecule has 1 saturated heterocycles. The Morgan fingerprint density at radius 3 is 3.00 bits per heavy atom. The summed E-state index contributed by atoms with van der Waals surface area (Å²) in [5.41, 5.74) is 3.02. The van der Waals surface area contributed by atoms with E-state index in [2.05, 4.69) is 47.4 Å². The summed E-state index contributed by atoms with van der Waals surface area (Å²) in [6.45, 7) is 6.44. The number of benzene rings is 1. The van der Waals surface area contributed by atoms with Crippen molar-refractivity contribution in [1.29, 1.82) is 0 Å². The average Bonchev–Trinajstić information content (AvgIpc) is 3.12. The summed E-state index contributed by atoms with van der Waals surface area (Å²) < 4.78 is 0. The van der Waals surface area contributed by atoms with Crippen LogP contribution in [0.2, 0.25) is 0 Å². The van der Waals surface area contributed by atoms with Gasteiger partial charge in [-0.1, -0.05) is 23.8 Å². The number of thiazole rings is 1. The minimum Gasteiger partial charge on any atom is -0.350 e. The normalized spacial score (nSPS) is 21.5. The molecule has 2 aromatic rings. The molecule has 1 amide bonds. The van der Waals surface area contributed by atoms with E-state index in [0.717, 1.165) is 35.8 Å². The monoisotopic (exact) mass is 329 g/mol. The second-order valence-electron chi connectivity index (χ2n) is 6.74. The Kier molecular flexibility index (Phi) is 4.50. The SMILES string of the molecule is Cc1cccc(-c2nc(CNC(=O)[C@]3(C)CCN(C)C3)cs2)c1. The second-order valence-corrected chi connectivity index (χ2v) is 7.60.